The van der Waals surface area contributed by atoms with Gasteiger partial charge in [0, 0.05) is 10.3 Å². The highest BCUT2D eigenvalue weighted by Gasteiger charge is 2.04. The van der Waals surface area contributed by atoms with E-state index in [-0.39, 0.29) is 5.92 Å². The summed E-state index contributed by atoms with van der Waals surface area (Å²) in [7, 11) is 0. The Morgan fingerprint density at radius 2 is 2.45 bits per heavy atom. The molecule has 1 atom stereocenters. The molecule has 1 nitrogen and oxygen atoms in total. The van der Waals surface area contributed by atoms with Gasteiger partial charge in [0.1, 0.15) is 6.07 Å². The Balaban J connectivity index is 2.93. The normalized spacial score (nSPS) is 11.5. The molecule has 0 aliphatic carbocycles. The number of terminal acetylenes is 1. The SMILES string of the molecule is C#CC(C)c1cc(C#N)cs1. The van der Waals surface area contributed by atoms with Crippen molar-refractivity contribution >= 4 is 11.3 Å². The van der Waals surface area contributed by atoms with Crippen LogP contribution in [0.25, 0.3) is 0 Å². The van der Waals surface area contributed by atoms with Crippen molar-refractivity contribution < 1.29 is 0 Å². The van der Waals surface area contributed by atoms with Crippen molar-refractivity contribution in [2.24, 2.45) is 0 Å². The largest absolute Gasteiger partial charge is 0.192 e. The van der Waals surface area contributed by atoms with Crippen LogP contribution in [0.2, 0.25) is 0 Å². The van der Waals surface area contributed by atoms with E-state index in [4.69, 9.17) is 11.7 Å². The molecule has 11 heavy (non-hydrogen) atoms. The maximum atomic E-state index is 8.51. The number of thiophene rings is 1. The quantitative estimate of drug-likeness (QED) is 0.580. The van der Waals surface area contributed by atoms with Crippen LogP contribution >= 0.6 is 11.3 Å². The fourth-order valence-electron chi connectivity index (χ4n) is 0.721. The molecule has 0 radical (unpaired) electrons. The summed E-state index contributed by atoms with van der Waals surface area (Å²) in [5.74, 6) is 2.75. The van der Waals surface area contributed by atoms with Crippen LogP contribution in [-0.2, 0) is 0 Å². The highest BCUT2D eigenvalue weighted by Crippen LogP contribution is 2.22. The lowest BCUT2D eigenvalue weighted by Crippen LogP contribution is -1.82. The van der Waals surface area contributed by atoms with E-state index in [1.165, 1.54) is 0 Å². The lowest BCUT2D eigenvalue weighted by Gasteiger charge is -1.95. The van der Waals surface area contributed by atoms with E-state index in [9.17, 15) is 0 Å². The minimum Gasteiger partial charge on any atom is -0.192 e. The summed E-state index contributed by atoms with van der Waals surface area (Å²) in [6.45, 7) is 1.95. The van der Waals surface area contributed by atoms with Crippen LogP contribution in [0.15, 0.2) is 11.4 Å². The molecule has 0 fully saturated rings. The molecule has 1 rings (SSSR count). The number of nitrogens with zero attached hydrogens (tertiary/aromatic N) is 1. The zero-order valence-electron chi connectivity index (χ0n) is 6.16. The van der Waals surface area contributed by atoms with Crippen LogP contribution in [0.1, 0.15) is 23.3 Å². The Labute approximate surface area is 70.3 Å². The van der Waals surface area contributed by atoms with Crippen molar-refractivity contribution in [3.05, 3.63) is 21.9 Å². The van der Waals surface area contributed by atoms with Gasteiger partial charge in [0.15, 0.2) is 0 Å². The Morgan fingerprint density at radius 1 is 1.73 bits per heavy atom. The van der Waals surface area contributed by atoms with Crippen LogP contribution in [0.5, 0.6) is 0 Å². The summed E-state index contributed by atoms with van der Waals surface area (Å²) in [4.78, 5) is 1.09. The second-order valence-electron chi connectivity index (χ2n) is 2.24. The summed E-state index contributed by atoms with van der Waals surface area (Å²) in [5, 5.41) is 10.3. The summed E-state index contributed by atoms with van der Waals surface area (Å²) in [5.41, 5.74) is 0.701. The molecule has 0 spiro atoms. The molecule has 1 unspecified atom stereocenters. The molecule has 0 amide bonds. The number of rotatable bonds is 1. The molecule has 1 aromatic heterocycles. The predicted octanol–water partition coefficient (Wildman–Crippen LogP) is 2.36. The van der Waals surface area contributed by atoms with Gasteiger partial charge in [-0.15, -0.1) is 17.8 Å². The summed E-state index contributed by atoms with van der Waals surface area (Å²) in [6.07, 6.45) is 5.23. The Hall–Kier alpha value is -1.25. The topological polar surface area (TPSA) is 23.8 Å². The minimum atomic E-state index is 0.127. The van der Waals surface area contributed by atoms with E-state index < -0.39 is 0 Å². The van der Waals surface area contributed by atoms with Crippen LogP contribution in [0.3, 0.4) is 0 Å². The third kappa shape index (κ3) is 1.61. The van der Waals surface area contributed by atoms with Crippen molar-refractivity contribution in [3.8, 4) is 18.4 Å². The van der Waals surface area contributed by atoms with Crippen molar-refractivity contribution in [2.75, 3.05) is 0 Å². The molecular weight excluding hydrogens is 154 g/mol. The molecule has 0 aliphatic rings. The van der Waals surface area contributed by atoms with Gasteiger partial charge >= 0.3 is 0 Å². The highest BCUT2D eigenvalue weighted by atomic mass is 32.1. The molecule has 0 aliphatic heterocycles. The smallest absolute Gasteiger partial charge is 0.100 e. The summed E-state index contributed by atoms with van der Waals surface area (Å²) >= 11 is 1.54. The van der Waals surface area contributed by atoms with E-state index in [1.807, 2.05) is 18.4 Å². The molecule has 54 valence electrons. The molecule has 0 bridgehead atoms. The maximum Gasteiger partial charge on any atom is 0.100 e. The molecule has 1 heterocycles. The number of nitriles is 1. The monoisotopic (exact) mass is 161 g/mol. The third-order valence-corrected chi connectivity index (χ3v) is 2.54. The van der Waals surface area contributed by atoms with Crippen molar-refractivity contribution in [2.45, 2.75) is 12.8 Å². The minimum absolute atomic E-state index is 0.127. The Morgan fingerprint density at radius 3 is 2.91 bits per heavy atom. The van der Waals surface area contributed by atoms with Gasteiger partial charge in [-0.25, -0.2) is 0 Å². The van der Waals surface area contributed by atoms with E-state index in [0.29, 0.717) is 5.56 Å². The number of hydrogen-bond acceptors (Lipinski definition) is 2. The van der Waals surface area contributed by atoms with Gasteiger partial charge in [-0.2, -0.15) is 5.26 Å². The molecular formula is C9H7NS. The molecule has 0 N–H and O–H groups in total. The van der Waals surface area contributed by atoms with Crippen LogP contribution < -0.4 is 0 Å². The van der Waals surface area contributed by atoms with Gasteiger partial charge in [0.25, 0.3) is 0 Å². The average Bonchev–Trinajstić information content (AvgIpc) is 2.50. The second-order valence-corrected chi connectivity index (χ2v) is 3.18. The predicted molar refractivity (Wildman–Crippen MR) is 46.3 cm³/mol. The second kappa shape index (κ2) is 3.23. The van der Waals surface area contributed by atoms with Gasteiger partial charge in [-0.05, 0) is 13.0 Å². The van der Waals surface area contributed by atoms with Crippen LogP contribution in [-0.4, -0.2) is 0 Å². The maximum absolute atomic E-state index is 8.51. The average molecular weight is 161 g/mol. The molecule has 1 aromatic rings. The standard InChI is InChI=1S/C9H7NS/c1-3-7(2)9-4-8(5-10)6-11-9/h1,4,6-7H,2H3. The fraction of sp³-hybridized carbons (Fsp3) is 0.222. The van der Waals surface area contributed by atoms with E-state index in [0.717, 1.165) is 4.88 Å². The first-order valence-electron chi connectivity index (χ1n) is 3.22. The van der Waals surface area contributed by atoms with E-state index in [1.54, 1.807) is 11.3 Å². The van der Waals surface area contributed by atoms with E-state index in [2.05, 4.69) is 12.0 Å². The zero-order valence-corrected chi connectivity index (χ0v) is 6.98. The van der Waals surface area contributed by atoms with Gasteiger partial charge < -0.3 is 0 Å². The number of hydrogen-bond donors (Lipinski definition) is 0. The lowest BCUT2D eigenvalue weighted by molar-refractivity contribution is 1.04. The Bertz CT molecular complexity index is 324. The molecule has 0 aromatic carbocycles. The fourth-order valence-corrected chi connectivity index (χ4v) is 1.57. The summed E-state index contributed by atoms with van der Waals surface area (Å²) < 4.78 is 0. The lowest BCUT2D eigenvalue weighted by atomic mass is 10.1. The first-order chi connectivity index (χ1) is 5.27. The highest BCUT2D eigenvalue weighted by molar-refractivity contribution is 7.10. The Kier molecular flexibility index (Phi) is 2.31. The van der Waals surface area contributed by atoms with Crippen molar-refractivity contribution in [1.82, 2.24) is 0 Å². The van der Waals surface area contributed by atoms with Crippen LogP contribution in [0.4, 0.5) is 0 Å². The third-order valence-electron chi connectivity index (χ3n) is 1.43. The molecule has 2 heteroatoms. The molecule has 0 saturated carbocycles. The first kappa shape index (κ1) is 7.85. The van der Waals surface area contributed by atoms with Gasteiger partial charge in [0.2, 0.25) is 0 Å². The van der Waals surface area contributed by atoms with Crippen molar-refractivity contribution in [3.63, 3.8) is 0 Å². The van der Waals surface area contributed by atoms with Gasteiger partial charge in [-0.3, -0.25) is 0 Å². The van der Waals surface area contributed by atoms with Crippen molar-refractivity contribution in [1.29, 1.82) is 5.26 Å². The van der Waals surface area contributed by atoms with E-state index >= 15 is 0 Å². The molecule has 0 saturated heterocycles. The first-order valence-corrected chi connectivity index (χ1v) is 4.10. The summed E-state index contributed by atoms with van der Waals surface area (Å²) in [6, 6.07) is 3.91. The van der Waals surface area contributed by atoms with Gasteiger partial charge in [-0.1, -0.05) is 5.92 Å². The van der Waals surface area contributed by atoms with Gasteiger partial charge in [0.05, 0.1) is 11.5 Å². The van der Waals surface area contributed by atoms with Crippen LogP contribution in [0, 0.1) is 23.7 Å². The zero-order chi connectivity index (χ0) is 8.27.